The number of hydrogen-bond donors (Lipinski definition) is 1. The number of aliphatic carboxylic acids is 1. The fourth-order valence-electron chi connectivity index (χ4n) is 3.86. The second-order valence-corrected chi connectivity index (χ2v) is 7.26. The van der Waals surface area contributed by atoms with Crippen LogP contribution in [-0.2, 0) is 14.3 Å². The first kappa shape index (κ1) is 21.0. The Hall–Kier alpha value is -1.06. The molecular formula is C20H36O4. The molecule has 0 amide bonds. The topological polar surface area (TPSA) is 63.6 Å². The van der Waals surface area contributed by atoms with E-state index in [1.165, 1.54) is 44.9 Å². The van der Waals surface area contributed by atoms with E-state index in [1.807, 2.05) is 0 Å². The molecule has 0 spiro atoms. The van der Waals surface area contributed by atoms with Crippen LogP contribution in [-0.4, -0.2) is 23.1 Å². The van der Waals surface area contributed by atoms with Gasteiger partial charge in [-0.1, -0.05) is 46.0 Å². The highest BCUT2D eigenvalue weighted by Gasteiger charge is 2.32. The third-order valence-electron chi connectivity index (χ3n) is 5.32. The van der Waals surface area contributed by atoms with Crippen LogP contribution < -0.4 is 0 Å². The summed E-state index contributed by atoms with van der Waals surface area (Å²) in [6.45, 7) is 4.41. The molecule has 140 valence electrons. The van der Waals surface area contributed by atoms with Crippen LogP contribution >= 0.6 is 0 Å². The van der Waals surface area contributed by atoms with Crippen LogP contribution in [0.25, 0.3) is 0 Å². The van der Waals surface area contributed by atoms with Gasteiger partial charge in [0.25, 0.3) is 0 Å². The van der Waals surface area contributed by atoms with Crippen molar-refractivity contribution in [3.63, 3.8) is 0 Å². The van der Waals surface area contributed by atoms with E-state index in [4.69, 9.17) is 9.84 Å². The van der Waals surface area contributed by atoms with Crippen LogP contribution in [0, 0.1) is 11.8 Å². The average molecular weight is 341 g/mol. The summed E-state index contributed by atoms with van der Waals surface area (Å²) in [6.07, 6.45) is 12.4. The first-order valence-electron chi connectivity index (χ1n) is 9.99. The van der Waals surface area contributed by atoms with Crippen molar-refractivity contribution < 1.29 is 19.4 Å². The molecule has 0 heterocycles. The van der Waals surface area contributed by atoms with Gasteiger partial charge in [0.2, 0.25) is 0 Å². The second kappa shape index (κ2) is 12.3. The zero-order valence-electron chi connectivity index (χ0n) is 15.6. The molecule has 1 aliphatic carbocycles. The van der Waals surface area contributed by atoms with Crippen molar-refractivity contribution in [2.45, 2.75) is 103 Å². The first-order valence-corrected chi connectivity index (χ1v) is 9.99. The van der Waals surface area contributed by atoms with Gasteiger partial charge in [0, 0.05) is 12.8 Å². The van der Waals surface area contributed by atoms with Crippen molar-refractivity contribution in [1.82, 2.24) is 0 Å². The molecule has 0 aromatic rings. The summed E-state index contributed by atoms with van der Waals surface area (Å²) in [5, 5.41) is 8.67. The fraction of sp³-hybridized carbons (Fsp3) is 0.900. The Kier molecular flexibility index (Phi) is 10.8. The Bertz CT molecular complexity index is 361. The number of esters is 1. The van der Waals surface area contributed by atoms with Crippen LogP contribution in [0.1, 0.15) is 97.3 Å². The molecule has 24 heavy (non-hydrogen) atoms. The molecule has 1 N–H and O–H groups in total. The summed E-state index contributed by atoms with van der Waals surface area (Å²) in [7, 11) is 0. The Labute approximate surface area is 147 Å². The molecule has 4 nitrogen and oxygen atoms in total. The van der Waals surface area contributed by atoms with Gasteiger partial charge >= 0.3 is 11.9 Å². The van der Waals surface area contributed by atoms with Gasteiger partial charge in [-0.3, -0.25) is 9.59 Å². The van der Waals surface area contributed by atoms with Crippen LogP contribution in [0.3, 0.4) is 0 Å². The number of carboxylic acids is 1. The van der Waals surface area contributed by atoms with E-state index in [2.05, 4.69) is 13.8 Å². The lowest BCUT2D eigenvalue weighted by atomic mass is 9.78. The van der Waals surface area contributed by atoms with Gasteiger partial charge in [-0.2, -0.15) is 0 Å². The molecule has 2 unspecified atom stereocenters. The third-order valence-corrected chi connectivity index (χ3v) is 5.32. The predicted molar refractivity (Wildman–Crippen MR) is 95.9 cm³/mol. The van der Waals surface area contributed by atoms with Crippen LogP contribution in [0.4, 0.5) is 0 Å². The average Bonchev–Trinajstić information content (AvgIpc) is 2.59. The Morgan fingerprint density at radius 3 is 2.29 bits per heavy atom. The Morgan fingerprint density at radius 2 is 1.71 bits per heavy atom. The molecule has 0 aromatic heterocycles. The fourth-order valence-corrected chi connectivity index (χ4v) is 3.86. The minimum atomic E-state index is -0.797. The number of unbranched alkanes of at least 4 members (excludes halogenated alkanes) is 2. The van der Waals surface area contributed by atoms with E-state index < -0.39 is 5.97 Å². The highest BCUT2D eigenvalue weighted by Crippen LogP contribution is 2.34. The van der Waals surface area contributed by atoms with E-state index in [1.54, 1.807) is 0 Å². The van der Waals surface area contributed by atoms with Crippen molar-refractivity contribution in [2.75, 3.05) is 0 Å². The Balaban J connectivity index is 2.55. The van der Waals surface area contributed by atoms with E-state index in [9.17, 15) is 9.59 Å². The van der Waals surface area contributed by atoms with Gasteiger partial charge < -0.3 is 9.84 Å². The normalized spacial score (nSPS) is 18.1. The third kappa shape index (κ3) is 8.16. The zero-order chi connectivity index (χ0) is 17.8. The van der Waals surface area contributed by atoms with Gasteiger partial charge in [0.1, 0.15) is 6.10 Å². The summed E-state index contributed by atoms with van der Waals surface area (Å²) in [5.74, 6) is 0.0551. The SMILES string of the molecule is CCCCC(CC)C(OC(=O)CCCCC(=O)O)C1CCCCC1. The molecule has 4 heteroatoms. The maximum atomic E-state index is 12.3. The lowest BCUT2D eigenvalue weighted by molar-refractivity contribution is -0.157. The molecule has 1 aliphatic rings. The van der Waals surface area contributed by atoms with Gasteiger partial charge in [0.15, 0.2) is 0 Å². The highest BCUT2D eigenvalue weighted by molar-refractivity contribution is 5.70. The van der Waals surface area contributed by atoms with E-state index >= 15 is 0 Å². The lowest BCUT2D eigenvalue weighted by Crippen LogP contribution is -2.35. The lowest BCUT2D eigenvalue weighted by Gasteiger charge is -2.35. The summed E-state index contributed by atoms with van der Waals surface area (Å²) in [4.78, 5) is 22.8. The second-order valence-electron chi connectivity index (χ2n) is 7.26. The monoisotopic (exact) mass is 340 g/mol. The minimum Gasteiger partial charge on any atom is -0.481 e. The van der Waals surface area contributed by atoms with Crippen molar-refractivity contribution >= 4 is 11.9 Å². The zero-order valence-corrected chi connectivity index (χ0v) is 15.6. The summed E-state index contributed by atoms with van der Waals surface area (Å²) in [6, 6.07) is 0. The van der Waals surface area contributed by atoms with Gasteiger partial charge in [-0.25, -0.2) is 0 Å². The van der Waals surface area contributed by atoms with Crippen LogP contribution in [0.5, 0.6) is 0 Å². The number of carbonyl (C=O) groups excluding carboxylic acids is 1. The predicted octanol–water partition coefficient (Wildman–Crippen LogP) is 5.34. The number of carboxylic acid groups (broad SMARTS) is 1. The van der Waals surface area contributed by atoms with Crippen molar-refractivity contribution in [1.29, 1.82) is 0 Å². The molecule has 1 fully saturated rings. The summed E-state index contributed by atoms with van der Waals surface area (Å²) < 4.78 is 5.96. The molecule has 0 aliphatic heterocycles. The largest absolute Gasteiger partial charge is 0.481 e. The maximum Gasteiger partial charge on any atom is 0.306 e. The van der Waals surface area contributed by atoms with Crippen LogP contribution in [0.15, 0.2) is 0 Å². The van der Waals surface area contributed by atoms with Crippen molar-refractivity contribution in [2.24, 2.45) is 11.8 Å². The minimum absolute atomic E-state index is 0.0637. The molecule has 1 saturated carbocycles. The number of carbonyl (C=O) groups is 2. The quantitative estimate of drug-likeness (QED) is 0.385. The molecule has 0 bridgehead atoms. The molecular weight excluding hydrogens is 304 g/mol. The number of rotatable bonds is 12. The van der Waals surface area contributed by atoms with E-state index in [0.29, 0.717) is 31.1 Å². The van der Waals surface area contributed by atoms with Gasteiger partial charge in [-0.05, 0) is 50.4 Å². The number of ether oxygens (including phenoxy) is 1. The van der Waals surface area contributed by atoms with Gasteiger partial charge in [-0.15, -0.1) is 0 Å². The molecule has 0 aromatic carbocycles. The van der Waals surface area contributed by atoms with Crippen molar-refractivity contribution in [3.05, 3.63) is 0 Å². The highest BCUT2D eigenvalue weighted by atomic mass is 16.5. The standard InChI is InChI=1S/C20H36O4/c1-3-5-11-16(4-2)20(17-12-7-6-8-13-17)24-19(23)15-10-9-14-18(21)22/h16-17,20H,3-15H2,1-2H3,(H,21,22). The molecule has 0 radical (unpaired) electrons. The van der Waals surface area contributed by atoms with E-state index in [0.717, 1.165) is 12.8 Å². The number of hydrogen-bond acceptors (Lipinski definition) is 3. The van der Waals surface area contributed by atoms with Gasteiger partial charge in [0.05, 0.1) is 0 Å². The summed E-state index contributed by atoms with van der Waals surface area (Å²) in [5.41, 5.74) is 0. The summed E-state index contributed by atoms with van der Waals surface area (Å²) >= 11 is 0. The molecule has 0 saturated heterocycles. The van der Waals surface area contributed by atoms with Crippen molar-refractivity contribution in [3.8, 4) is 0 Å². The first-order chi connectivity index (χ1) is 11.6. The Morgan fingerprint density at radius 1 is 1.04 bits per heavy atom. The maximum absolute atomic E-state index is 12.3. The molecule has 2 atom stereocenters. The van der Waals surface area contributed by atoms with E-state index in [-0.39, 0.29) is 18.5 Å². The van der Waals surface area contributed by atoms with Crippen LogP contribution in [0.2, 0.25) is 0 Å². The smallest absolute Gasteiger partial charge is 0.306 e. The molecule has 1 rings (SSSR count).